The van der Waals surface area contributed by atoms with Gasteiger partial charge in [0.15, 0.2) is 0 Å². The van der Waals surface area contributed by atoms with Crippen molar-refractivity contribution in [1.29, 1.82) is 0 Å². The van der Waals surface area contributed by atoms with Gasteiger partial charge in [-0.15, -0.1) is 0 Å². The maximum absolute atomic E-state index is 12.2. The zero-order valence-electron chi connectivity index (χ0n) is 12.6. The largest absolute Gasteiger partial charge is 0.492 e. The first-order chi connectivity index (χ1) is 10.0. The van der Waals surface area contributed by atoms with Crippen LogP contribution in [0.25, 0.3) is 0 Å². The third-order valence-electron chi connectivity index (χ3n) is 3.78. The van der Waals surface area contributed by atoms with Crippen LogP contribution in [0.5, 0.6) is 5.75 Å². The fourth-order valence-electron chi connectivity index (χ4n) is 2.14. The Labute approximate surface area is 127 Å². The number of sulfonamides is 1. The molecule has 0 amide bonds. The van der Waals surface area contributed by atoms with Crippen molar-refractivity contribution in [2.24, 2.45) is 11.8 Å². The Morgan fingerprint density at radius 2 is 1.95 bits per heavy atom. The van der Waals surface area contributed by atoms with E-state index >= 15 is 0 Å². The molecule has 0 saturated heterocycles. The van der Waals surface area contributed by atoms with Crippen LogP contribution in [-0.2, 0) is 10.0 Å². The normalized spacial score (nSPS) is 16.7. The molecule has 1 fully saturated rings. The summed E-state index contributed by atoms with van der Waals surface area (Å²) in [4.78, 5) is 0.284. The minimum atomic E-state index is -3.42. The Morgan fingerprint density at radius 3 is 2.52 bits per heavy atom. The van der Waals surface area contributed by atoms with Crippen molar-refractivity contribution in [2.45, 2.75) is 24.7 Å². The molecule has 0 spiro atoms. The highest BCUT2D eigenvalue weighted by Gasteiger charge is 2.28. The van der Waals surface area contributed by atoms with Crippen molar-refractivity contribution >= 4 is 10.0 Å². The molecule has 0 aromatic heterocycles. The number of benzene rings is 1. The average Bonchev–Trinajstić information content (AvgIpc) is 3.30. The van der Waals surface area contributed by atoms with Crippen molar-refractivity contribution in [3.05, 3.63) is 24.3 Å². The zero-order valence-corrected chi connectivity index (χ0v) is 13.4. The van der Waals surface area contributed by atoms with E-state index in [1.165, 1.54) is 12.8 Å². The highest BCUT2D eigenvalue weighted by Crippen LogP contribution is 2.36. The van der Waals surface area contributed by atoms with E-state index in [1.54, 1.807) is 24.3 Å². The molecule has 21 heavy (non-hydrogen) atoms. The molecule has 1 unspecified atom stereocenters. The van der Waals surface area contributed by atoms with Crippen LogP contribution in [-0.4, -0.2) is 35.2 Å². The monoisotopic (exact) mass is 312 g/mol. The second kappa shape index (κ2) is 7.24. The summed E-state index contributed by atoms with van der Waals surface area (Å²) in [6.07, 6.45) is 2.45. The average molecular weight is 312 g/mol. The maximum atomic E-state index is 12.2. The van der Waals surface area contributed by atoms with E-state index in [0.29, 0.717) is 30.7 Å². The van der Waals surface area contributed by atoms with Gasteiger partial charge in [-0.3, -0.25) is 0 Å². The van der Waals surface area contributed by atoms with Gasteiger partial charge >= 0.3 is 0 Å². The van der Waals surface area contributed by atoms with Gasteiger partial charge < -0.3 is 10.1 Å². The lowest BCUT2D eigenvalue weighted by atomic mass is 10.1. The predicted molar refractivity (Wildman–Crippen MR) is 82.9 cm³/mol. The molecule has 1 aromatic rings. The molecule has 0 bridgehead atoms. The van der Waals surface area contributed by atoms with Crippen molar-refractivity contribution in [3.8, 4) is 5.75 Å². The number of hydrogen-bond acceptors (Lipinski definition) is 4. The number of nitrogens with one attached hydrogen (secondary N) is 2. The minimum absolute atomic E-state index is 0.284. The summed E-state index contributed by atoms with van der Waals surface area (Å²) in [7, 11) is -1.57. The van der Waals surface area contributed by atoms with E-state index in [-0.39, 0.29) is 4.90 Å². The molecule has 0 radical (unpaired) electrons. The van der Waals surface area contributed by atoms with Gasteiger partial charge in [-0.1, -0.05) is 6.92 Å². The topological polar surface area (TPSA) is 67.4 Å². The SMILES string of the molecule is CNCCOc1ccc(S(=O)(=O)NCC(C)C2CC2)cc1. The van der Waals surface area contributed by atoms with Gasteiger partial charge in [-0.2, -0.15) is 0 Å². The van der Waals surface area contributed by atoms with Crippen LogP contribution in [0.4, 0.5) is 0 Å². The predicted octanol–water partition coefficient (Wildman–Crippen LogP) is 1.61. The number of ether oxygens (including phenoxy) is 1. The lowest BCUT2D eigenvalue weighted by Crippen LogP contribution is -2.29. The van der Waals surface area contributed by atoms with E-state index in [2.05, 4.69) is 17.0 Å². The molecule has 1 aliphatic carbocycles. The highest BCUT2D eigenvalue weighted by molar-refractivity contribution is 7.89. The Kier molecular flexibility index (Phi) is 5.61. The van der Waals surface area contributed by atoms with E-state index < -0.39 is 10.0 Å². The van der Waals surface area contributed by atoms with Gasteiger partial charge in [-0.05, 0) is 56.0 Å². The van der Waals surface area contributed by atoms with Crippen LogP contribution in [0.2, 0.25) is 0 Å². The second-order valence-electron chi connectivity index (χ2n) is 5.59. The lowest BCUT2D eigenvalue weighted by molar-refractivity contribution is 0.318. The Bertz CT molecular complexity index is 539. The first-order valence-corrected chi connectivity index (χ1v) is 8.88. The standard InChI is InChI=1S/C15H24N2O3S/c1-12(13-3-4-13)11-17-21(18,19)15-7-5-14(6-8-15)20-10-9-16-2/h5-8,12-13,16-17H,3-4,9-11H2,1-2H3. The smallest absolute Gasteiger partial charge is 0.240 e. The molecule has 6 heteroatoms. The van der Waals surface area contributed by atoms with Crippen molar-refractivity contribution in [1.82, 2.24) is 10.0 Å². The number of likely N-dealkylation sites (N-methyl/N-ethyl adjacent to an activating group) is 1. The summed E-state index contributed by atoms with van der Waals surface area (Å²) < 4.78 is 32.5. The Morgan fingerprint density at radius 1 is 1.29 bits per heavy atom. The lowest BCUT2D eigenvalue weighted by Gasteiger charge is -2.12. The maximum Gasteiger partial charge on any atom is 0.240 e. The van der Waals surface area contributed by atoms with E-state index in [4.69, 9.17) is 4.74 Å². The van der Waals surface area contributed by atoms with Crippen LogP contribution in [0, 0.1) is 11.8 Å². The highest BCUT2D eigenvalue weighted by atomic mass is 32.2. The van der Waals surface area contributed by atoms with E-state index in [9.17, 15) is 8.42 Å². The van der Waals surface area contributed by atoms with Crippen molar-refractivity contribution in [3.63, 3.8) is 0 Å². The van der Waals surface area contributed by atoms with Gasteiger partial charge in [0.05, 0.1) is 4.90 Å². The summed E-state index contributed by atoms with van der Waals surface area (Å²) in [5.74, 6) is 1.77. The molecule has 5 nitrogen and oxygen atoms in total. The minimum Gasteiger partial charge on any atom is -0.492 e. The van der Waals surface area contributed by atoms with Crippen LogP contribution < -0.4 is 14.8 Å². The summed E-state index contributed by atoms with van der Waals surface area (Å²) in [6, 6.07) is 6.54. The summed E-state index contributed by atoms with van der Waals surface area (Å²) in [5.41, 5.74) is 0. The van der Waals surface area contributed by atoms with Gasteiger partial charge in [-0.25, -0.2) is 13.1 Å². The van der Waals surface area contributed by atoms with Gasteiger partial charge in [0.2, 0.25) is 10.0 Å². The molecule has 1 atom stereocenters. The quantitative estimate of drug-likeness (QED) is 0.680. The van der Waals surface area contributed by atoms with Gasteiger partial charge in [0.1, 0.15) is 12.4 Å². The summed E-state index contributed by atoms with van der Waals surface area (Å²) in [6.45, 7) is 3.91. The first-order valence-electron chi connectivity index (χ1n) is 7.40. The molecule has 2 rings (SSSR count). The fourth-order valence-corrected chi connectivity index (χ4v) is 3.29. The van der Waals surface area contributed by atoms with E-state index in [1.807, 2.05) is 7.05 Å². The van der Waals surface area contributed by atoms with Crippen molar-refractivity contribution in [2.75, 3.05) is 26.7 Å². The molecule has 1 aliphatic rings. The van der Waals surface area contributed by atoms with Crippen LogP contribution in [0.15, 0.2) is 29.2 Å². The molecule has 1 aromatic carbocycles. The Hall–Kier alpha value is -1.11. The van der Waals surface area contributed by atoms with Crippen LogP contribution in [0.3, 0.4) is 0 Å². The van der Waals surface area contributed by atoms with Crippen LogP contribution >= 0.6 is 0 Å². The molecule has 0 aliphatic heterocycles. The molecular formula is C15H24N2O3S. The number of rotatable bonds is 9. The van der Waals surface area contributed by atoms with Gasteiger partial charge in [0, 0.05) is 13.1 Å². The van der Waals surface area contributed by atoms with Crippen molar-refractivity contribution < 1.29 is 13.2 Å². The summed E-state index contributed by atoms with van der Waals surface area (Å²) in [5, 5.41) is 2.98. The van der Waals surface area contributed by atoms with Gasteiger partial charge in [0.25, 0.3) is 0 Å². The third-order valence-corrected chi connectivity index (χ3v) is 5.22. The summed E-state index contributed by atoms with van der Waals surface area (Å²) >= 11 is 0. The second-order valence-corrected chi connectivity index (χ2v) is 7.36. The van der Waals surface area contributed by atoms with Crippen LogP contribution in [0.1, 0.15) is 19.8 Å². The fraction of sp³-hybridized carbons (Fsp3) is 0.600. The molecule has 0 heterocycles. The number of hydrogen-bond donors (Lipinski definition) is 2. The molecular weight excluding hydrogens is 288 g/mol. The molecule has 2 N–H and O–H groups in total. The first kappa shape index (κ1) is 16.3. The Balaban J connectivity index is 1.89. The third kappa shape index (κ3) is 4.98. The van der Waals surface area contributed by atoms with E-state index in [0.717, 1.165) is 6.54 Å². The zero-order chi connectivity index (χ0) is 15.3. The molecule has 118 valence electrons. The molecule has 1 saturated carbocycles.